The van der Waals surface area contributed by atoms with Crippen LogP contribution in [0.25, 0.3) is 0 Å². The molecule has 3 aromatic carbocycles. The molecule has 3 aromatic rings. The summed E-state index contributed by atoms with van der Waals surface area (Å²) in [6.45, 7) is 12.5. The minimum absolute atomic E-state index is 0.000721. The Morgan fingerprint density at radius 2 is 1.11 bits per heavy atom. The van der Waals surface area contributed by atoms with E-state index in [0.717, 1.165) is 11.1 Å². The van der Waals surface area contributed by atoms with E-state index in [0.29, 0.717) is 16.8 Å². The van der Waals surface area contributed by atoms with Crippen LogP contribution in [0.2, 0.25) is 0 Å². The second-order valence-electron chi connectivity index (χ2n) is 10.6. The van der Waals surface area contributed by atoms with E-state index in [1.54, 1.807) is 24.3 Å². The van der Waals surface area contributed by atoms with Crippen molar-refractivity contribution in [3.63, 3.8) is 0 Å². The molecular formula is C28H31N3O4. The number of carbonyl (C=O) groups excluding carboxylic acids is 2. The molecule has 0 heterocycles. The molecule has 0 radical (unpaired) electrons. The maximum Gasteiger partial charge on any atom is 0.292 e. The zero-order valence-electron chi connectivity index (χ0n) is 20.9. The third-order valence-corrected chi connectivity index (χ3v) is 5.73. The largest absolute Gasteiger partial charge is 0.322 e. The van der Waals surface area contributed by atoms with Crippen molar-refractivity contribution in [3.05, 3.63) is 99.1 Å². The Kier molecular flexibility index (Phi) is 7.10. The molecule has 0 saturated carbocycles. The topological polar surface area (TPSA) is 101 Å². The number of nitro groups is 1. The fourth-order valence-corrected chi connectivity index (χ4v) is 3.51. The third-order valence-electron chi connectivity index (χ3n) is 5.73. The standard InChI is InChI=1S/C28H31N3O4/c1-27(2,3)20-11-7-18(8-12-20)25(32)29-22-15-16-24(31(34)35)23(17-22)30-26(33)19-9-13-21(14-10-19)28(4,5)6/h7-17H,1-6H3,(H,29,32)(H,30,33). The molecule has 0 spiro atoms. The van der Waals surface area contributed by atoms with E-state index in [-0.39, 0.29) is 28.1 Å². The summed E-state index contributed by atoms with van der Waals surface area (Å²) in [5, 5.41) is 16.9. The summed E-state index contributed by atoms with van der Waals surface area (Å²) in [6.07, 6.45) is 0. The summed E-state index contributed by atoms with van der Waals surface area (Å²) in [5.74, 6) is -0.829. The molecule has 0 fully saturated rings. The van der Waals surface area contributed by atoms with Gasteiger partial charge in [0.1, 0.15) is 5.69 Å². The van der Waals surface area contributed by atoms with E-state index in [1.807, 2.05) is 24.3 Å². The fourth-order valence-electron chi connectivity index (χ4n) is 3.51. The van der Waals surface area contributed by atoms with Crippen LogP contribution in [0.15, 0.2) is 66.7 Å². The van der Waals surface area contributed by atoms with Crippen molar-refractivity contribution in [2.75, 3.05) is 10.6 Å². The van der Waals surface area contributed by atoms with Crippen LogP contribution in [0, 0.1) is 10.1 Å². The van der Waals surface area contributed by atoms with Gasteiger partial charge in [-0.1, -0.05) is 65.8 Å². The first kappa shape index (κ1) is 25.6. The van der Waals surface area contributed by atoms with Crippen molar-refractivity contribution in [2.24, 2.45) is 0 Å². The van der Waals surface area contributed by atoms with Crippen molar-refractivity contribution < 1.29 is 14.5 Å². The molecule has 3 rings (SSSR count). The molecular weight excluding hydrogens is 442 g/mol. The number of nitrogens with zero attached hydrogens (tertiary/aromatic N) is 1. The molecule has 2 amide bonds. The number of nitro benzene ring substituents is 1. The van der Waals surface area contributed by atoms with Gasteiger partial charge >= 0.3 is 0 Å². The predicted octanol–water partition coefficient (Wildman–Crippen LogP) is 6.69. The molecule has 7 heteroatoms. The van der Waals surface area contributed by atoms with Crippen molar-refractivity contribution in [2.45, 2.75) is 52.4 Å². The zero-order chi connectivity index (χ0) is 26.0. The van der Waals surface area contributed by atoms with Gasteiger partial charge in [0.05, 0.1) is 4.92 Å². The van der Waals surface area contributed by atoms with Gasteiger partial charge in [-0.15, -0.1) is 0 Å². The predicted molar refractivity (Wildman–Crippen MR) is 139 cm³/mol. The zero-order valence-corrected chi connectivity index (χ0v) is 20.9. The van der Waals surface area contributed by atoms with Crippen molar-refractivity contribution in [3.8, 4) is 0 Å². The maximum absolute atomic E-state index is 12.8. The highest BCUT2D eigenvalue weighted by Crippen LogP contribution is 2.29. The van der Waals surface area contributed by atoms with Gasteiger partial charge in [-0.05, 0) is 58.4 Å². The lowest BCUT2D eigenvalue weighted by Gasteiger charge is -2.19. The molecule has 7 nitrogen and oxygen atoms in total. The van der Waals surface area contributed by atoms with Crippen LogP contribution in [0.3, 0.4) is 0 Å². The number of nitrogens with one attached hydrogen (secondary N) is 2. The van der Waals surface area contributed by atoms with E-state index >= 15 is 0 Å². The lowest BCUT2D eigenvalue weighted by molar-refractivity contribution is -0.383. The van der Waals surface area contributed by atoms with Crippen molar-refractivity contribution in [1.29, 1.82) is 0 Å². The Bertz CT molecular complexity index is 1250. The number of hydrogen-bond acceptors (Lipinski definition) is 4. The first-order chi connectivity index (χ1) is 16.3. The monoisotopic (exact) mass is 473 g/mol. The van der Waals surface area contributed by atoms with Crippen LogP contribution >= 0.6 is 0 Å². The number of amides is 2. The number of anilines is 2. The Labute approximate surface area is 205 Å². The smallest absolute Gasteiger partial charge is 0.292 e. The second-order valence-corrected chi connectivity index (χ2v) is 10.6. The van der Waals surface area contributed by atoms with E-state index in [9.17, 15) is 19.7 Å². The first-order valence-electron chi connectivity index (χ1n) is 11.4. The highest BCUT2D eigenvalue weighted by Gasteiger charge is 2.20. The number of benzene rings is 3. The molecule has 0 aliphatic carbocycles. The van der Waals surface area contributed by atoms with E-state index in [4.69, 9.17) is 0 Å². The molecule has 182 valence electrons. The minimum Gasteiger partial charge on any atom is -0.322 e. The van der Waals surface area contributed by atoms with Crippen LogP contribution in [0.4, 0.5) is 17.1 Å². The van der Waals surface area contributed by atoms with Crippen LogP contribution in [0.1, 0.15) is 73.4 Å². The molecule has 0 saturated heterocycles. The SMILES string of the molecule is CC(C)(C)c1ccc(C(=O)Nc2ccc([N+](=O)[O-])c(NC(=O)c3ccc(C(C)(C)C)cc3)c2)cc1. The summed E-state index contributed by atoms with van der Waals surface area (Å²) in [6, 6.07) is 18.5. The molecule has 35 heavy (non-hydrogen) atoms. The first-order valence-corrected chi connectivity index (χ1v) is 11.4. The van der Waals surface area contributed by atoms with Crippen LogP contribution < -0.4 is 10.6 Å². The average Bonchev–Trinajstić information content (AvgIpc) is 2.78. The molecule has 0 unspecified atom stereocenters. The fraction of sp³-hybridized carbons (Fsp3) is 0.286. The molecule has 0 aliphatic heterocycles. The number of carbonyl (C=O) groups is 2. The van der Waals surface area contributed by atoms with Crippen LogP contribution in [-0.4, -0.2) is 16.7 Å². The van der Waals surface area contributed by atoms with E-state index < -0.39 is 10.8 Å². The minimum atomic E-state index is -0.574. The van der Waals surface area contributed by atoms with Crippen LogP contribution in [-0.2, 0) is 10.8 Å². The number of rotatable bonds is 5. The lowest BCUT2D eigenvalue weighted by Crippen LogP contribution is -2.16. The third kappa shape index (κ3) is 6.32. The molecule has 0 aromatic heterocycles. The highest BCUT2D eigenvalue weighted by molar-refractivity contribution is 6.07. The van der Waals surface area contributed by atoms with Gasteiger partial charge in [0.2, 0.25) is 0 Å². The Morgan fingerprint density at radius 3 is 1.51 bits per heavy atom. The molecule has 2 N–H and O–H groups in total. The van der Waals surface area contributed by atoms with Gasteiger partial charge < -0.3 is 10.6 Å². The van der Waals surface area contributed by atoms with Gasteiger partial charge in [-0.25, -0.2) is 0 Å². The van der Waals surface area contributed by atoms with Crippen LogP contribution in [0.5, 0.6) is 0 Å². The van der Waals surface area contributed by atoms with Gasteiger partial charge in [-0.2, -0.15) is 0 Å². The van der Waals surface area contributed by atoms with Gasteiger partial charge in [-0.3, -0.25) is 19.7 Å². The summed E-state index contributed by atoms with van der Waals surface area (Å²) < 4.78 is 0. The normalized spacial score (nSPS) is 11.6. The Morgan fingerprint density at radius 1 is 0.686 bits per heavy atom. The summed E-state index contributed by atoms with van der Waals surface area (Å²) in [5.41, 5.74) is 2.98. The van der Waals surface area contributed by atoms with Crippen molar-refractivity contribution >= 4 is 28.9 Å². The van der Waals surface area contributed by atoms with Crippen molar-refractivity contribution in [1.82, 2.24) is 0 Å². The quantitative estimate of drug-likeness (QED) is 0.318. The Balaban J connectivity index is 1.81. The summed E-state index contributed by atoms with van der Waals surface area (Å²) in [4.78, 5) is 36.5. The molecule has 0 bridgehead atoms. The molecule has 0 aliphatic rings. The lowest BCUT2D eigenvalue weighted by atomic mass is 9.86. The van der Waals surface area contributed by atoms with E-state index in [2.05, 4.69) is 52.2 Å². The summed E-state index contributed by atoms with van der Waals surface area (Å²) >= 11 is 0. The summed E-state index contributed by atoms with van der Waals surface area (Å²) in [7, 11) is 0. The Hall–Kier alpha value is -4.00. The van der Waals surface area contributed by atoms with Gasteiger partial charge in [0.15, 0.2) is 0 Å². The highest BCUT2D eigenvalue weighted by atomic mass is 16.6. The number of hydrogen-bond donors (Lipinski definition) is 2. The van der Waals surface area contributed by atoms with E-state index in [1.165, 1.54) is 18.2 Å². The maximum atomic E-state index is 12.8. The second kappa shape index (κ2) is 9.70. The molecule has 0 atom stereocenters. The average molecular weight is 474 g/mol. The van der Waals surface area contributed by atoms with Gasteiger partial charge in [0, 0.05) is 22.9 Å². The van der Waals surface area contributed by atoms with Gasteiger partial charge in [0.25, 0.3) is 17.5 Å².